The van der Waals surface area contributed by atoms with Gasteiger partial charge in [0.2, 0.25) is 0 Å². The van der Waals surface area contributed by atoms with Gasteiger partial charge in [0.15, 0.2) is 5.75 Å². The van der Waals surface area contributed by atoms with Crippen molar-refractivity contribution < 1.29 is 14.6 Å². The van der Waals surface area contributed by atoms with Crippen molar-refractivity contribution in [3.63, 3.8) is 0 Å². The molecular weight excluding hydrogens is 410 g/mol. The lowest BCUT2D eigenvalue weighted by molar-refractivity contribution is -0.385. The van der Waals surface area contributed by atoms with Crippen LogP contribution in [-0.2, 0) is 0 Å². The Bertz CT molecular complexity index is 1290. The van der Waals surface area contributed by atoms with Crippen molar-refractivity contribution in [2.24, 2.45) is 0 Å². The normalized spacial score (nSPS) is 10.7. The third-order valence-corrected chi connectivity index (χ3v) is 5.26. The van der Waals surface area contributed by atoms with Crippen molar-refractivity contribution in [3.8, 4) is 16.9 Å². The highest BCUT2D eigenvalue weighted by molar-refractivity contribution is 7.17. The summed E-state index contributed by atoms with van der Waals surface area (Å²) in [6.07, 6.45) is 1.39. The number of fused-ring (bicyclic) bond motifs is 1. The minimum atomic E-state index is -0.529. The summed E-state index contributed by atoms with van der Waals surface area (Å²) in [6, 6.07) is 10.8. The first kappa shape index (κ1) is 19.2. The summed E-state index contributed by atoms with van der Waals surface area (Å²) in [5, 5.41) is 28.0. The summed E-state index contributed by atoms with van der Waals surface area (Å²) in [5.41, 5.74) is 1.61. The predicted molar refractivity (Wildman–Crippen MR) is 112 cm³/mol. The monoisotopic (exact) mass is 423 g/mol. The van der Waals surface area contributed by atoms with E-state index in [9.17, 15) is 20.2 Å². The topological polar surface area (TPSA) is 133 Å². The molecule has 2 aromatic carbocycles. The van der Waals surface area contributed by atoms with Crippen LogP contribution in [0.1, 0.15) is 0 Å². The number of nitrogens with one attached hydrogen (secondary N) is 1. The maximum Gasteiger partial charge on any atom is 0.312 e. The fourth-order valence-corrected chi connectivity index (χ4v) is 3.93. The fourth-order valence-electron chi connectivity index (χ4n) is 3.02. The van der Waals surface area contributed by atoms with Crippen LogP contribution >= 0.6 is 11.3 Å². The highest BCUT2D eigenvalue weighted by Crippen LogP contribution is 2.39. The van der Waals surface area contributed by atoms with Crippen molar-refractivity contribution >= 4 is 44.4 Å². The molecule has 0 atom stereocenters. The molecule has 4 rings (SSSR count). The summed E-state index contributed by atoms with van der Waals surface area (Å²) in [5.74, 6) is 0.577. The third-order valence-electron chi connectivity index (χ3n) is 4.38. The van der Waals surface area contributed by atoms with Crippen LogP contribution in [0.5, 0.6) is 5.75 Å². The van der Waals surface area contributed by atoms with Crippen molar-refractivity contribution in [2.45, 2.75) is 0 Å². The lowest BCUT2D eigenvalue weighted by Gasteiger charge is -2.09. The molecule has 0 unspecified atom stereocenters. The van der Waals surface area contributed by atoms with Gasteiger partial charge in [-0.3, -0.25) is 20.2 Å². The number of hydrogen-bond acceptors (Lipinski definition) is 9. The van der Waals surface area contributed by atoms with Crippen molar-refractivity contribution in [1.29, 1.82) is 0 Å². The molecule has 0 saturated heterocycles. The number of rotatable bonds is 6. The number of nitro groups is 2. The molecule has 11 heteroatoms. The van der Waals surface area contributed by atoms with Gasteiger partial charge in [-0.25, -0.2) is 9.97 Å². The number of nitro benzene ring substituents is 2. The Morgan fingerprint density at radius 1 is 1.07 bits per heavy atom. The van der Waals surface area contributed by atoms with E-state index < -0.39 is 9.85 Å². The fraction of sp³-hybridized carbons (Fsp3) is 0.0526. The van der Waals surface area contributed by atoms with Crippen LogP contribution < -0.4 is 10.1 Å². The first-order valence-corrected chi connectivity index (χ1v) is 9.42. The Balaban J connectivity index is 1.81. The molecule has 150 valence electrons. The standard InChI is InChI=1S/C19H13N5O5S/c1-29-16-6-5-12(8-15(16)24(27)28)22-18-17-14(9-30-19(17)21-10-20-18)11-3-2-4-13(7-11)23(25)26/h2-10H,1H3,(H,20,21,22). The second kappa shape index (κ2) is 7.72. The van der Waals surface area contributed by atoms with E-state index in [1.165, 1.54) is 49.0 Å². The van der Waals surface area contributed by atoms with Crippen molar-refractivity contribution in [3.05, 3.63) is 74.4 Å². The van der Waals surface area contributed by atoms with Crippen molar-refractivity contribution in [1.82, 2.24) is 9.97 Å². The largest absolute Gasteiger partial charge is 0.490 e. The van der Waals surface area contributed by atoms with Gasteiger partial charge in [0.1, 0.15) is 17.0 Å². The lowest BCUT2D eigenvalue weighted by Crippen LogP contribution is -1.98. The average molecular weight is 423 g/mol. The van der Waals surface area contributed by atoms with Gasteiger partial charge in [-0.2, -0.15) is 0 Å². The van der Waals surface area contributed by atoms with Gasteiger partial charge in [-0.1, -0.05) is 12.1 Å². The summed E-state index contributed by atoms with van der Waals surface area (Å²) in [7, 11) is 1.36. The molecular formula is C19H13N5O5S. The van der Waals surface area contributed by atoms with Gasteiger partial charge in [-0.05, 0) is 17.7 Å². The highest BCUT2D eigenvalue weighted by atomic mass is 32.1. The molecule has 0 amide bonds. The SMILES string of the molecule is COc1ccc(Nc2ncnc3scc(-c4cccc([N+](=O)[O-])c4)c23)cc1[N+](=O)[O-]. The molecule has 2 heterocycles. The first-order valence-electron chi connectivity index (χ1n) is 8.54. The van der Waals surface area contributed by atoms with Crippen LogP contribution in [0, 0.1) is 20.2 Å². The number of ether oxygens (including phenoxy) is 1. The van der Waals surface area contributed by atoms with Gasteiger partial charge in [0.25, 0.3) is 5.69 Å². The smallest absolute Gasteiger partial charge is 0.312 e. The first-order chi connectivity index (χ1) is 14.5. The molecule has 30 heavy (non-hydrogen) atoms. The molecule has 0 saturated carbocycles. The summed E-state index contributed by atoms with van der Waals surface area (Å²) >= 11 is 1.37. The molecule has 0 fully saturated rings. The van der Waals surface area contributed by atoms with Crippen molar-refractivity contribution in [2.75, 3.05) is 12.4 Å². The molecule has 4 aromatic rings. The minimum Gasteiger partial charge on any atom is -0.490 e. The Morgan fingerprint density at radius 2 is 1.90 bits per heavy atom. The molecule has 0 aliphatic carbocycles. The zero-order valence-electron chi connectivity index (χ0n) is 15.4. The number of methoxy groups -OCH3 is 1. The number of anilines is 2. The predicted octanol–water partition coefficient (Wildman–Crippen LogP) is 4.93. The quantitative estimate of drug-likeness (QED) is 0.341. The number of aromatic nitrogens is 2. The van der Waals surface area contributed by atoms with Gasteiger partial charge in [0, 0.05) is 34.8 Å². The molecule has 0 aliphatic heterocycles. The van der Waals surface area contributed by atoms with E-state index in [2.05, 4.69) is 15.3 Å². The van der Waals surface area contributed by atoms with E-state index in [0.29, 0.717) is 27.3 Å². The number of benzene rings is 2. The van der Waals surface area contributed by atoms with Crippen LogP contribution in [0.15, 0.2) is 54.2 Å². The Morgan fingerprint density at radius 3 is 2.63 bits per heavy atom. The molecule has 0 radical (unpaired) electrons. The number of non-ortho nitro benzene ring substituents is 1. The van der Waals surface area contributed by atoms with E-state index in [4.69, 9.17) is 4.74 Å². The Labute approximate surface area is 173 Å². The second-order valence-corrected chi connectivity index (χ2v) is 6.99. The van der Waals surface area contributed by atoms with E-state index in [1.807, 2.05) is 5.38 Å². The zero-order valence-corrected chi connectivity index (χ0v) is 16.3. The molecule has 10 nitrogen and oxygen atoms in total. The molecule has 1 N–H and O–H groups in total. The van der Waals surface area contributed by atoms with Crippen LogP contribution in [0.3, 0.4) is 0 Å². The minimum absolute atomic E-state index is 0.0241. The Hall–Kier alpha value is -4.12. The summed E-state index contributed by atoms with van der Waals surface area (Å²) in [4.78, 5) is 30.7. The number of thiophene rings is 1. The van der Waals surface area contributed by atoms with Crippen LogP contribution in [0.4, 0.5) is 22.9 Å². The maximum absolute atomic E-state index is 11.3. The van der Waals surface area contributed by atoms with E-state index in [0.717, 1.165) is 5.56 Å². The maximum atomic E-state index is 11.3. The van der Waals surface area contributed by atoms with Crippen LogP contribution in [0.25, 0.3) is 21.3 Å². The van der Waals surface area contributed by atoms with Crippen LogP contribution in [0.2, 0.25) is 0 Å². The molecule has 0 aliphatic rings. The summed E-state index contributed by atoms with van der Waals surface area (Å²) in [6.45, 7) is 0. The highest BCUT2D eigenvalue weighted by Gasteiger charge is 2.18. The van der Waals surface area contributed by atoms with Gasteiger partial charge < -0.3 is 10.1 Å². The van der Waals surface area contributed by atoms with E-state index >= 15 is 0 Å². The molecule has 0 spiro atoms. The average Bonchev–Trinajstić information content (AvgIpc) is 3.19. The third kappa shape index (κ3) is 3.49. The van der Waals surface area contributed by atoms with Crippen LogP contribution in [-0.4, -0.2) is 26.9 Å². The molecule has 2 aromatic heterocycles. The Kier molecular flexibility index (Phi) is 4.94. The van der Waals surface area contributed by atoms with E-state index in [1.54, 1.807) is 18.2 Å². The number of hydrogen-bond donors (Lipinski definition) is 1. The van der Waals surface area contributed by atoms with Gasteiger partial charge in [0.05, 0.1) is 22.3 Å². The summed E-state index contributed by atoms with van der Waals surface area (Å²) < 4.78 is 5.03. The zero-order chi connectivity index (χ0) is 21.3. The lowest BCUT2D eigenvalue weighted by atomic mass is 10.1. The second-order valence-electron chi connectivity index (χ2n) is 6.13. The number of nitrogens with zero attached hydrogens (tertiary/aromatic N) is 4. The van der Waals surface area contributed by atoms with E-state index in [-0.39, 0.29) is 17.1 Å². The van der Waals surface area contributed by atoms with Gasteiger partial charge in [-0.15, -0.1) is 11.3 Å². The van der Waals surface area contributed by atoms with Gasteiger partial charge >= 0.3 is 5.69 Å². The molecule has 0 bridgehead atoms.